The van der Waals surface area contributed by atoms with Crippen LogP contribution in [0, 0.1) is 0 Å². The second kappa shape index (κ2) is 8.46. The molecule has 146 valence electrons. The van der Waals surface area contributed by atoms with Gasteiger partial charge in [-0.15, -0.1) is 11.3 Å². The highest BCUT2D eigenvalue weighted by atomic mass is 32.2. The van der Waals surface area contributed by atoms with Crippen molar-refractivity contribution in [3.05, 3.63) is 58.7 Å². The van der Waals surface area contributed by atoms with Crippen LogP contribution in [-0.2, 0) is 21.3 Å². The summed E-state index contributed by atoms with van der Waals surface area (Å²) in [6, 6.07) is 10.4. The lowest BCUT2D eigenvalue weighted by molar-refractivity contribution is 0.0602. The second-order valence-corrected chi connectivity index (χ2v) is 8.20. The Morgan fingerprint density at radius 1 is 1.14 bits per heavy atom. The zero-order valence-corrected chi connectivity index (χ0v) is 16.7. The molecule has 0 spiro atoms. The van der Waals surface area contributed by atoms with Crippen molar-refractivity contribution >= 4 is 27.3 Å². The van der Waals surface area contributed by atoms with Gasteiger partial charge in [0.1, 0.15) is 21.8 Å². The lowest BCUT2D eigenvalue weighted by Crippen LogP contribution is -2.25. The maximum atomic E-state index is 12.6. The van der Waals surface area contributed by atoms with E-state index < -0.39 is 16.0 Å². The number of hydrogen-bond acceptors (Lipinski definition) is 8. The molecule has 3 rings (SSSR count). The lowest BCUT2D eigenvalue weighted by atomic mass is 10.1. The molecule has 0 unspecified atom stereocenters. The predicted octanol–water partition coefficient (Wildman–Crippen LogP) is 2.48. The minimum atomic E-state index is -3.90. The SMILES string of the molecule is COC(=O)c1sccc1S(=O)(=O)NCc1cc(-c2ccc(OC)cc2)ncn1. The summed E-state index contributed by atoms with van der Waals surface area (Å²) in [7, 11) is -1.12. The van der Waals surface area contributed by atoms with Gasteiger partial charge in [-0.1, -0.05) is 0 Å². The zero-order valence-electron chi connectivity index (χ0n) is 15.1. The fourth-order valence-corrected chi connectivity index (χ4v) is 4.74. The van der Waals surface area contributed by atoms with Gasteiger partial charge >= 0.3 is 5.97 Å². The number of methoxy groups -OCH3 is 2. The average molecular weight is 419 g/mol. The van der Waals surface area contributed by atoms with Crippen molar-refractivity contribution in [3.63, 3.8) is 0 Å². The molecule has 1 aromatic carbocycles. The molecular formula is C18H17N3O5S2. The molecule has 0 atom stereocenters. The summed E-state index contributed by atoms with van der Waals surface area (Å²) in [5, 5.41) is 1.52. The van der Waals surface area contributed by atoms with E-state index in [2.05, 4.69) is 19.4 Å². The first-order chi connectivity index (χ1) is 13.4. The van der Waals surface area contributed by atoms with Crippen LogP contribution in [-0.4, -0.2) is 38.6 Å². The van der Waals surface area contributed by atoms with Gasteiger partial charge in [-0.05, 0) is 41.8 Å². The highest BCUT2D eigenvalue weighted by Crippen LogP contribution is 2.23. The molecule has 0 aliphatic rings. The number of hydrogen-bond donors (Lipinski definition) is 1. The van der Waals surface area contributed by atoms with Crippen LogP contribution in [0.4, 0.5) is 0 Å². The molecular weight excluding hydrogens is 402 g/mol. The van der Waals surface area contributed by atoms with E-state index >= 15 is 0 Å². The van der Waals surface area contributed by atoms with Gasteiger partial charge < -0.3 is 9.47 Å². The van der Waals surface area contributed by atoms with E-state index in [9.17, 15) is 13.2 Å². The molecule has 10 heteroatoms. The summed E-state index contributed by atoms with van der Waals surface area (Å²) in [4.78, 5) is 20.0. The van der Waals surface area contributed by atoms with E-state index in [-0.39, 0.29) is 16.3 Å². The molecule has 0 aliphatic heterocycles. The Kier molecular flexibility index (Phi) is 6.02. The van der Waals surface area contributed by atoms with Crippen molar-refractivity contribution < 1.29 is 22.7 Å². The van der Waals surface area contributed by atoms with Gasteiger partial charge in [-0.25, -0.2) is 27.9 Å². The second-order valence-electron chi connectivity index (χ2n) is 5.55. The molecule has 0 saturated heterocycles. The third-order valence-electron chi connectivity index (χ3n) is 3.84. The average Bonchev–Trinajstić information content (AvgIpc) is 3.23. The van der Waals surface area contributed by atoms with Crippen molar-refractivity contribution in [1.29, 1.82) is 0 Å². The number of benzene rings is 1. The maximum Gasteiger partial charge on any atom is 0.349 e. The highest BCUT2D eigenvalue weighted by molar-refractivity contribution is 7.89. The first-order valence-corrected chi connectivity index (χ1v) is 10.4. The molecule has 28 heavy (non-hydrogen) atoms. The third kappa shape index (κ3) is 4.35. The van der Waals surface area contributed by atoms with Crippen molar-refractivity contribution in [2.24, 2.45) is 0 Å². The van der Waals surface area contributed by atoms with Gasteiger partial charge in [-0.3, -0.25) is 0 Å². The van der Waals surface area contributed by atoms with E-state index in [1.165, 1.54) is 24.9 Å². The fraction of sp³-hybridized carbons (Fsp3) is 0.167. The van der Waals surface area contributed by atoms with Crippen LogP contribution in [0.25, 0.3) is 11.3 Å². The van der Waals surface area contributed by atoms with Crippen LogP contribution in [0.5, 0.6) is 5.75 Å². The maximum absolute atomic E-state index is 12.6. The number of rotatable bonds is 7. The number of nitrogens with one attached hydrogen (secondary N) is 1. The quantitative estimate of drug-likeness (QED) is 0.586. The highest BCUT2D eigenvalue weighted by Gasteiger charge is 2.24. The van der Waals surface area contributed by atoms with Crippen LogP contribution in [0.1, 0.15) is 15.4 Å². The van der Waals surface area contributed by atoms with E-state index in [0.717, 1.165) is 22.6 Å². The van der Waals surface area contributed by atoms with Crippen LogP contribution in [0.2, 0.25) is 0 Å². The minimum absolute atomic E-state index is 0.0246. The molecule has 0 bridgehead atoms. The molecule has 2 heterocycles. The van der Waals surface area contributed by atoms with Crippen LogP contribution >= 0.6 is 11.3 Å². The monoisotopic (exact) mass is 419 g/mol. The number of carbonyl (C=O) groups excluding carboxylic acids is 1. The molecule has 3 aromatic rings. The smallest absolute Gasteiger partial charge is 0.349 e. The van der Waals surface area contributed by atoms with Crippen LogP contribution < -0.4 is 9.46 Å². The number of ether oxygens (including phenoxy) is 2. The van der Waals surface area contributed by atoms with E-state index in [0.29, 0.717) is 11.4 Å². The summed E-state index contributed by atoms with van der Waals surface area (Å²) in [6.07, 6.45) is 1.37. The van der Waals surface area contributed by atoms with Crippen LogP contribution in [0.15, 0.2) is 53.0 Å². The Hall–Kier alpha value is -2.82. The molecule has 0 aliphatic carbocycles. The van der Waals surface area contributed by atoms with E-state index in [1.807, 2.05) is 24.3 Å². The molecule has 0 radical (unpaired) electrons. The number of nitrogens with zero attached hydrogens (tertiary/aromatic N) is 2. The third-order valence-corrected chi connectivity index (χ3v) is 6.31. The summed E-state index contributed by atoms with van der Waals surface area (Å²) >= 11 is 1.00. The topological polar surface area (TPSA) is 107 Å². The van der Waals surface area contributed by atoms with Gasteiger partial charge in [0, 0.05) is 5.56 Å². The Bertz CT molecular complexity index is 1080. The summed E-state index contributed by atoms with van der Waals surface area (Å²) in [6.45, 7) is -0.0511. The number of carbonyl (C=O) groups is 1. The molecule has 2 aromatic heterocycles. The minimum Gasteiger partial charge on any atom is -0.497 e. The first-order valence-electron chi connectivity index (χ1n) is 8.05. The molecule has 1 N–H and O–H groups in total. The van der Waals surface area contributed by atoms with Gasteiger partial charge in [0.05, 0.1) is 32.2 Å². The van der Waals surface area contributed by atoms with Crippen molar-refractivity contribution in [1.82, 2.24) is 14.7 Å². The number of aromatic nitrogens is 2. The Labute approximate surface area is 166 Å². The standard InChI is InChI=1S/C18H17N3O5S2/c1-25-14-5-3-12(4-6-14)15-9-13(19-11-20-15)10-21-28(23,24)16-7-8-27-17(16)18(22)26-2/h3-9,11,21H,10H2,1-2H3. The first kappa shape index (κ1) is 19.9. The molecule has 0 amide bonds. The number of esters is 1. The Morgan fingerprint density at radius 3 is 2.57 bits per heavy atom. The van der Waals surface area contributed by atoms with Gasteiger partial charge in [-0.2, -0.15) is 0 Å². The molecule has 0 saturated carbocycles. The summed E-state index contributed by atoms with van der Waals surface area (Å²) in [5.74, 6) is 0.0298. The zero-order chi connectivity index (χ0) is 20.1. The largest absolute Gasteiger partial charge is 0.497 e. The number of sulfonamides is 1. The van der Waals surface area contributed by atoms with Crippen molar-refractivity contribution in [2.45, 2.75) is 11.4 Å². The summed E-state index contributed by atoms with van der Waals surface area (Å²) < 4.78 is 37.3. The van der Waals surface area contributed by atoms with Gasteiger partial charge in [0.25, 0.3) is 0 Å². The lowest BCUT2D eigenvalue weighted by Gasteiger charge is -2.08. The van der Waals surface area contributed by atoms with Crippen molar-refractivity contribution in [2.75, 3.05) is 14.2 Å². The summed E-state index contributed by atoms with van der Waals surface area (Å²) in [5.41, 5.74) is 1.98. The molecule has 0 fully saturated rings. The fourth-order valence-electron chi connectivity index (χ4n) is 2.41. The number of thiophene rings is 1. The Morgan fingerprint density at radius 2 is 1.89 bits per heavy atom. The van der Waals surface area contributed by atoms with Crippen LogP contribution in [0.3, 0.4) is 0 Å². The predicted molar refractivity (Wildman–Crippen MR) is 104 cm³/mol. The Balaban J connectivity index is 1.77. The van der Waals surface area contributed by atoms with Gasteiger partial charge in [0.15, 0.2) is 0 Å². The van der Waals surface area contributed by atoms with Gasteiger partial charge in [0.2, 0.25) is 10.0 Å². The van der Waals surface area contributed by atoms with E-state index in [1.54, 1.807) is 13.2 Å². The van der Waals surface area contributed by atoms with E-state index in [4.69, 9.17) is 4.74 Å². The normalized spacial score (nSPS) is 11.2. The van der Waals surface area contributed by atoms with Crippen molar-refractivity contribution in [3.8, 4) is 17.0 Å². The molecule has 8 nitrogen and oxygen atoms in total.